The SMILES string of the molecule is COC(=O)C1CC(O)(c2cccc(C)c2)C1. The zero-order chi connectivity index (χ0) is 11.8. The van der Waals surface area contributed by atoms with E-state index in [1.54, 1.807) is 0 Å². The van der Waals surface area contributed by atoms with Gasteiger partial charge in [0.2, 0.25) is 0 Å². The van der Waals surface area contributed by atoms with Crippen molar-refractivity contribution in [1.82, 2.24) is 0 Å². The van der Waals surface area contributed by atoms with Gasteiger partial charge in [0.15, 0.2) is 0 Å². The van der Waals surface area contributed by atoms with Gasteiger partial charge < -0.3 is 9.84 Å². The van der Waals surface area contributed by atoms with Crippen molar-refractivity contribution in [2.45, 2.75) is 25.4 Å². The first-order valence-electron chi connectivity index (χ1n) is 5.42. The Hall–Kier alpha value is -1.35. The summed E-state index contributed by atoms with van der Waals surface area (Å²) >= 11 is 0. The third-order valence-electron chi connectivity index (χ3n) is 3.26. The molecular weight excluding hydrogens is 204 g/mol. The zero-order valence-corrected chi connectivity index (χ0v) is 9.56. The van der Waals surface area contributed by atoms with Crippen LogP contribution in [0.2, 0.25) is 0 Å². The monoisotopic (exact) mass is 220 g/mol. The number of ether oxygens (including phenoxy) is 1. The van der Waals surface area contributed by atoms with Crippen molar-refractivity contribution >= 4 is 5.97 Å². The van der Waals surface area contributed by atoms with Crippen molar-refractivity contribution in [2.75, 3.05) is 7.11 Å². The van der Waals surface area contributed by atoms with E-state index in [1.807, 2.05) is 31.2 Å². The van der Waals surface area contributed by atoms with Gasteiger partial charge in [-0.25, -0.2) is 0 Å². The largest absolute Gasteiger partial charge is 0.469 e. The lowest BCUT2D eigenvalue weighted by Crippen LogP contribution is -2.44. The Kier molecular flexibility index (Phi) is 2.72. The van der Waals surface area contributed by atoms with Crippen LogP contribution in [0.4, 0.5) is 0 Å². The van der Waals surface area contributed by atoms with Gasteiger partial charge in [-0.2, -0.15) is 0 Å². The van der Waals surface area contributed by atoms with Crippen molar-refractivity contribution in [3.8, 4) is 0 Å². The van der Waals surface area contributed by atoms with Crippen molar-refractivity contribution in [2.24, 2.45) is 5.92 Å². The highest BCUT2D eigenvalue weighted by Gasteiger charge is 2.47. The first kappa shape index (κ1) is 11.1. The number of esters is 1. The van der Waals surface area contributed by atoms with Crippen LogP contribution in [0.15, 0.2) is 24.3 Å². The maximum Gasteiger partial charge on any atom is 0.308 e. The van der Waals surface area contributed by atoms with Crippen molar-refractivity contribution in [3.63, 3.8) is 0 Å². The van der Waals surface area contributed by atoms with Gasteiger partial charge in [0.1, 0.15) is 0 Å². The first-order chi connectivity index (χ1) is 7.55. The van der Waals surface area contributed by atoms with E-state index in [2.05, 4.69) is 4.74 Å². The van der Waals surface area contributed by atoms with Gasteiger partial charge in [-0.1, -0.05) is 29.8 Å². The standard InChI is InChI=1S/C13H16O3/c1-9-4-3-5-11(6-9)13(15)7-10(8-13)12(14)16-2/h3-6,10,15H,7-8H2,1-2H3. The molecule has 1 aliphatic carbocycles. The van der Waals surface area contributed by atoms with E-state index in [-0.39, 0.29) is 11.9 Å². The van der Waals surface area contributed by atoms with Crippen molar-refractivity contribution in [3.05, 3.63) is 35.4 Å². The minimum absolute atomic E-state index is 0.157. The highest BCUT2D eigenvalue weighted by Crippen LogP contribution is 2.46. The molecule has 3 heteroatoms. The fourth-order valence-corrected chi connectivity index (χ4v) is 2.26. The highest BCUT2D eigenvalue weighted by atomic mass is 16.5. The van der Waals surface area contributed by atoms with Crippen LogP contribution in [-0.4, -0.2) is 18.2 Å². The molecule has 0 saturated heterocycles. The third-order valence-corrected chi connectivity index (χ3v) is 3.26. The van der Waals surface area contributed by atoms with Crippen molar-refractivity contribution < 1.29 is 14.6 Å². The van der Waals surface area contributed by atoms with Crippen LogP contribution in [0, 0.1) is 12.8 Å². The molecule has 0 aliphatic heterocycles. The average Bonchev–Trinajstić information content (AvgIpc) is 2.23. The maximum atomic E-state index is 11.2. The third kappa shape index (κ3) is 1.83. The second kappa shape index (κ2) is 3.91. The molecule has 16 heavy (non-hydrogen) atoms. The molecule has 0 heterocycles. The average molecular weight is 220 g/mol. The van der Waals surface area contributed by atoms with Gasteiger partial charge in [0.25, 0.3) is 0 Å². The second-order valence-corrected chi connectivity index (χ2v) is 4.53. The number of carbonyl (C=O) groups is 1. The number of rotatable bonds is 2. The van der Waals surface area contributed by atoms with E-state index in [4.69, 9.17) is 0 Å². The van der Waals surface area contributed by atoms with Gasteiger partial charge in [0, 0.05) is 0 Å². The van der Waals surface area contributed by atoms with E-state index >= 15 is 0 Å². The van der Waals surface area contributed by atoms with Crippen LogP contribution in [-0.2, 0) is 15.1 Å². The lowest BCUT2D eigenvalue weighted by atomic mass is 9.67. The summed E-state index contributed by atoms with van der Waals surface area (Å²) in [7, 11) is 1.38. The van der Waals surface area contributed by atoms with Gasteiger partial charge >= 0.3 is 5.97 Å². The Labute approximate surface area is 95.0 Å². The number of hydrogen-bond acceptors (Lipinski definition) is 3. The molecule has 1 saturated carbocycles. The van der Waals surface area contributed by atoms with Gasteiger partial charge in [0.05, 0.1) is 18.6 Å². The number of benzene rings is 1. The molecule has 0 unspecified atom stereocenters. The Bertz CT molecular complexity index is 405. The predicted octanol–water partition coefficient (Wildman–Crippen LogP) is 1.77. The molecule has 1 fully saturated rings. The molecule has 1 aliphatic rings. The van der Waals surface area contributed by atoms with Gasteiger partial charge in [-0.15, -0.1) is 0 Å². The maximum absolute atomic E-state index is 11.2. The topological polar surface area (TPSA) is 46.5 Å². The van der Waals surface area contributed by atoms with Crippen LogP contribution in [0.25, 0.3) is 0 Å². The molecular formula is C13H16O3. The number of aryl methyl sites for hydroxylation is 1. The summed E-state index contributed by atoms with van der Waals surface area (Å²) in [4.78, 5) is 11.2. The molecule has 0 radical (unpaired) electrons. The summed E-state index contributed by atoms with van der Waals surface area (Å²) in [6.07, 6.45) is 0.923. The number of carbonyl (C=O) groups excluding carboxylic acids is 1. The molecule has 3 nitrogen and oxygen atoms in total. The van der Waals surface area contributed by atoms with E-state index in [0.717, 1.165) is 11.1 Å². The normalized spacial score (nSPS) is 28.3. The minimum Gasteiger partial charge on any atom is -0.469 e. The van der Waals surface area contributed by atoms with Crippen LogP contribution >= 0.6 is 0 Å². The minimum atomic E-state index is -0.842. The highest BCUT2D eigenvalue weighted by molar-refractivity contribution is 5.74. The molecule has 86 valence electrons. The summed E-state index contributed by atoms with van der Waals surface area (Å²) in [5, 5.41) is 10.3. The number of aliphatic hydroxyl groups is 1. The van der Waals surface area contributed by atoms with Crippen molar-refractivity contribution in [1.29, 1.82) is 0 Å². The summed E-state index contributed by atoms with van der Waals surface area (Å²) in [5.74, 6) is -0.382. The van der Waals surface area contributed by atoms with Crippen LogP contribution < -0.4 is 0 Å². The van der Waals surface area contributed by atoms with E-state index in [0.29, 0.717) is 12.8 Å². The van der Waals surface area contributed by atoms with Crippen LogP contribution in [0.5, 0.6) is 0 Å². The Morgan fingerprint density at radius 2 is 2.19 bits per heavy atom. The molecule has 0 bridgehead atoms. The zero-order valence-electron chi connectivity index (χ0n) is 9.56. The number of hydrogen-bond donors (Lipinski definition) is 1. The van der Waals surface area contributed by atoms with Crippen LogP contribution in [0.1, 0.15) is 24.0 Å². The molecule has 0 atom stereocenters. The van der Waals surface area contributed by atoms with Crippen LogP contribution in [0.3, 0.4) is 0 Å². The Morgan fingerprint density at radius 3 is 2.75 bits per heavy atom. The smallest absolute Gasteiger partial charge is 0.308 e. The van der Waals surface area contributed by atoms with E-state index < -0.39 is 5.60 Å². The molecule has 0 aromatic heterocycles. The Balaban J connectivity index is 2.10. The lowest BCUT2D eigenvalue weighted by Gasteiger charge is -2.42. The summed E-state index contributed by atoms with van der Waals surface area (Å²) < 4.78 is 4.66. The molecule has 2 rings (SSSR count). The first-order valence-corrected chi connectivity index (χ1v) is 5.42. The fourth-order valence-electron chi connectivity index (χ4n) is 2.26. The summed E-state index contributed by atoms with van der Waals surface area (Å²) in [6.45, 7) is 1.99. The molecule has 0 amide bonds. The Morgan fingerprint density at radius 1 is 1.50 bits per heavy atom. The fraction of sp³-hybridized carbons (Fsp3) is 0.462. The summed E-state index contributed by atoms with van der Waals surface area (Å²) in [5.41, 5.74) is 1.17. The predicted molar refractivity (Wildman–Crippen MR) is 59.8 cm³/mol. The molecule has 0 spiro atoms. The second-order valence-electron chi connectivity index (χ2n) is 4.53. The lowest BCUT2D eigenvalue weighted by molar-refractivity contribution is -0.163. The quantitative estimate of drug-likeness (QED) is 0.772. The van der Waals surface area contributed by atoms with E-state index in [9.17, 15) is 9.90 Å². The van der Waals surface area contributed by atoms with E-state index in [1.165, 1.54) is 7.11 Å². The number of methoxy groups -OCH3 is 1. The summed E-state index contributed by atoms with van der Waals surface area (Å²) in [6, 6.07) is 7.78. The van der Waals surface area contributed by atoms with Gasteiger partial charge in [-0.05, 0) is 25.3 Å². The molecule has 1 N–H and O–H groups in total. The molecule has 1 aromatic carbocycles. The van der Waals surface area contributed by atoms with Gasteiger partial charge in [-0.3, -0.25) is 4.79 Å². The molecule has 1 aromatic rings.